The van der Waals surface area contributed by atoms with Crippen LogP contribution in [0.2, 0.25) is 0 Å². The van der Waals surface area contributed by atoms with Crippen LogP contribution < -0.4 is 0 Å². The summed E-state index contributed by atoms with van der Waals surface area (Å²) in [5, 5.41) is 35.4. The molecule has 4 unspecified atom stereocenters. The van der Waals surface area contributed by atoms with E-state index in [4.69, 9.17) is 20.4 Å². The van der Waals surface area contributed by atoms with Crippen molar-refractivity contribution in [2.45, 2.75) is 12.8 Å². The van der Waals surface area contributed by atoms with Gasteiger partial charge in [0.1, 0.15) is 0 Å². The molecule has 0 saturated heterocycles. The minimum atomic E-state index is -1.49. The molecule has 0 heterocycles. The van der Waals surface area contributed by atoms with Crippen molar-refractivity contribution in [2.75, 3.05) is 0 Å². The topological polar surface area (TPSA) is 149 Å². The Morgan fingerprint density at radius 3 is 1.72 bits per heavy atom. The van der Waals surface area contributed by atoms with E-state index in [1.807, 2.05) is 0 Å². The summed E-state index contributed by atoms with van der Waals surface area (Å²) in [5.74, 6) is -10.9. The summed E-state index contributed by atoms with van der Waals surface area (Å²) in [6.45, 7) is 0. The molecular weight excluding hydrogens is 248 g/mol. The fourth-order valence-electron chi connectivity index (χ4n) is 2.51. The van der Waals surface area contributed by atoms with E-state index in [-0.39, 0.29) is 9.27 Å². The molecule has 104 valence electrons. The Bertz CT molecular complexity index is 410. The summed E-state index contributed by atoms with van der Waals surface area (Å²) in [6.07, 6.45) is -1.03. The van der Waals surface area contributed by atoms with Gasteiger partial charge < -0.3 is 20.4 Å². The second-order valence-electron chi connectivity index (χ2n) is 4.25. The molecule has 1 saturated carbocycles. The summed E-state index contributed by atoms with van der Waals surface area (Å²) in [7, 11) is 0. The maximum atomic E-state index is 11.0. The van der Waals surface area contributed by atoms with Crippen LogP contribution in [-0.2, 0) is 19.2 Å². The minimum Gasteiger partial charge on any atom is -0.481 e. The lowest BCUT2D eigenvalue weighted by Crippen LogP contribution is -2.32. The van der Waals surface area contributed by atoms with Gasteiger partial charge in [-0.05, 0) is 12.3 Å². The lowest BCUT2D eigenvalue weighted by atomic mass is 9.84. The first kappa shape index (κ1) is 13.9. The number of carboxylic acid groups (broad SMARTS) is 4. The van der Waals surface area contributed by atoms with Crippen molar-refractivity contribution >= 4 is 23.9 Å². The van der Waals surface area contributed by atoms with Crippen molar-refractivity contribution in [1.29, 1.82) is 0 Å². The maximum Gasteiger partial charge on any atom is 0.307 e. The van der Waals surface area contributed by atoms with Gasteiger partial charge in [0.25, 0.3) is 0 Å². The quantitative estimate of drug-likeness (QED) is 0.545. The molecule has 8 nitrogen and oxygen atoms in total. The van der Waals surface area contributed by atoms with Crippen LogP contribution in [-0.4, -0.2) is 44.3 Å². The Labute approximate surface area is 104 Å². The Balaban J connectivity index is 0. The zero-order valence-corrected chi connectivity index (χ0v) is 9.15. The minimum absolute atomic E-state index is 0. The number of carbonyl (C=O) groups is 4. The largest absolute Gasteiger partial charge is 0.481 e. The van der Waals surface area contributed by atoms with Gasteiger partial charge in [0.15, 0.2) is 0 Å². The third kappa shape index (κ3) is 2.58. The molecule has 4 atom stereocenters. The molecule has 4 N–H and O–H groups in total. The predicted octanol–water partition coefficient (Wildman–Crippen LogP) is 0.0754. The summed E-state index contributed by atoms with van der Waals surface area (Å²) in [6, 6.07) is 0. The Morgan fingerprint density at radius 1 is 0.889 bits per heavy atom. The average Bonchev–Trinajstić information content (AvgIpc) is 2.56. The first-order valence-electron chi connectivity index (χ1n) is 5.16. The van der Waals surface area contributed by atoms with Crippen LogP contribution in [0.5, 0.6) is 0 Å². The Hall–Kier alpha value is -2.12. The van der Waals surface area contributed by atoms with Crippen LogP contribution in [0.1, 0.15) is 15.7 Å². The molecule has 0 radical (unpaired) electrons. The van der Waals surface area contributed by atoms with E-state index in [1.54, 1.807) is 0 Å². The van der Waals surface area contributed by atoms with E-state index < -0.39 is 54.0 Å². The van der Waals surface area contributed by atoms with Crippen LogP contribution in [0, 0.1) is 23.7 Å². The van der Waals surface area contributed by atoms with Gasteiger partial charge in [-0.3, -0.25) is 19.2 Å². The van der Waals surface area contributed by atoms with Crippen molar-refractivity contribution in [3.8, 4) is 0 Å². The highest BCUT2D eigenvalue weighted by Crippen LogP contribution is 2.44. The second-order valence-corrected chi connectivity index (χ2v) is 4.25. The van der Waals surface area contributed by atoms with Gasteiger partial charge >= 0.3 is 23.9 Å². The van der Waals surface area contributed by atoms with Crippen molar-refractivity contribution < 1.29 is 42.5 Å². The molecule has 1 aliphatic carbocycles. The smallest absolute Gasteiger partial charge is 0.307 e. The third-order valence-electron chi connectivity index (χ3n) is 3.25. The molecule has 0 aromatic carbocycles. The number of hydrogen-bond donors (Lipinski definition) is 4. The fraction of sp³-hybridized carbons (Fsp3) is 0.600. The Kier molecular flexibility index (Phi) is 3.89. The SMILES string of the molecule is O=C(O)CC1C(C(=O)O)CC(C(=O)O)C1C(=O)O.[HH].[HH]. The molecule has 18 heavy (non-hydrogen) atoms. The van der Waals surface area contributed by atoms with Gasteiger partial charge in [0, 0.05) is 9.27 Å². The van der Waals surface area contributed by atoms with Crippen molar-refractivity contribution in [3.05, 3.63) is 0 Å². The molecule has 0 spiro atoms. The number of rotatable bonds is 5. The lowest BCUT2D eigenvalue weighted by Gasteiger charge is -2.18. The third-order valence-corrected chi connectivity index (χ3v) is 3.25. The highest BCUT2D eigenvalue weighted by Gasteiger charge is 2.53. The molecule has 1 rings (SSSR count). The van der Waals surface area contributed by atoms with Crippen LogP contribution in [0.15, 0.2) is 0 Å². The first-order chi connectivity index (χ1) is 8.25. The monoisotopic (exact) mass is 264 g/mol. The predicted molar refractivity (Wildman–Crippen MR) is 58.0 cm³/mol. The van der Waals surface area contributed by atoms with E-state index >= 15 is 0 Å². The van der Waals surface area contributed by atoms with E-state index in [0.29, 0.717) is 0 Å². The second kappa shape index (κ2) is 5.03. The van der Waals surface area contributed by atoms with Gasteiger partial charge in [0.05, 0.1) is 17.8 Å². The summed E-state index contributed by atoms with van der Waals surface area (Å²) in [5.41, 5.74) is 0. The fourth-order valence-corrected chi connectivity index (χ4v) is 2.51. The van der Waals surface area contributed by atoms with E-state index in [0.717, 1.165) is 0 Å². The maximum absolute atomic E-state index is 11.0. The first-order valence-corrected chi connectivity index (χ1v) is 5.16. The van der Waals surface area contributed by atoms with Crippen LogP contribution in [0.4, 0.5) is 0 Å². The summed E-state index contributed by atoms with van der Waals surface area (Å²) < 4.78 is 0. The highest BCUT2D eigenvalue weighted by molar-refractivity contribution is 5.85. The lowest BCUT2D eigenvalue weighted by molar-refractivity contribution is -0.155. The molecule has 1 fully saturated rings. The summed E-state index contributed by atoms with van der Waals surface area (Å²) in [4.78, 5) is 43.5. The number of aliphatic carboxylic acids is 4. The molecule has 8 heteroatoms. The average molecular weight is 264 g/mol. The normalized spacial score (nSPS) is 30.9. The summed E-state index contributed by atoms with van der Waals surface area (Å²) >= 11 is 0. The molecule has 0 aliphatic heterocycles. The van der Waals surface area contributed by atoms with Crippen LogP contribution in [0.25, 0.3) is 0 Å². The van der Waals surface area contributed by atoms with E-state index in [2.05, 4.69) is 0 Å². The molecule has 1 aliphatic rings. The van der Waals surface area contributed by atoms with Gasteiger partial charge in [-0.2, -0.15) is 0 Å². The van der Waals surface area contributed by atoms with Gasteiger partial charge in [0.2, 0.25) is 0 Å². The van der Waals surface area contributed by atoms with Gasteiger partial charge in [-0.1, -0.05) is 0 Å². The van der Waals surface area contributed by atoms with E-state index in [1.165, 1.54) is 0 Å². The van der Waals surface area contributed by atoms with Crippen molar-refractivity contribution in [2.24, 2.45) is 23.7 Å². The number of carboxylic acids is 4. The zero-order chi connectivity index (χ0) is 14.0. The zero-order valence-electron chi connectivity index (χ0n) is 9.15. The molecule has 0 aromatic rings. The standard InChI is InChI=1S/C10H12O8.2H2/c11-6(12)2-3-4(8(13)14)1-5(9(15)16)7(3)10(17)18;;/h3-5,7H,1-2H2,(H,11,12)(H,13,14)(H,15,16)(H,17,18);2*1H. The van der Waals surface area contributed by atoms with Crippen molar-refractivity contribution in [3.63, 3.8) is 0 Å². The molecule has 0 aromatic heterocycles. The Morgan fingerprint density at radius 2 is 1.39 bits per heavy atom. The van der Waals surface area contributed by atoms with E-state index in [9.17, 15) is 19.2 Å². The van der Waals surface area contributed by atoms with Gasteiger partial charge in [-0.25, -0.2) is 0 Å². The molecule has 0 amide bonds. The highest BCUT2D eigenvalue weighted by atomic mass is 16.4. The molecule has 0 bridgehead atoms. The van der Waals surface area contributed by atoms with Crippen LogP contribution in [0.3, 0.4) is 0 Å². The van der Waals surface area contributed by atoms with Crippen LogP contribution >= 0.6 is 0 Å². The molecular formula is C10H16O8. The van der Waals surface area contributed by atoms with Crippen molar-refractivity contribution in [1.82, 2.24) is 0 Å². The number of hydrogen-bond acceptors (Lipinski definition) is 4. The van der Waals surface area contributed by atoms with Gasteiger partial charge in [-0.15, -0.1) is 0 Å².